The minimum atomic E-state index is -1.15. The van der Waals surface area contributed by atoms with E-state index in [4.69, 9.17) is 14.3 Å². The molecule has 36 heavy (non-hydrogen) atoms. The molecule has 2 heterocycles. The van der Waals surface area contributed by atoms with Gasteiger partial charge in [0.1, 0.15) is 12.4 Å². The molecule has 0 spiro atoms. The fraction of sp³-hybridized carbons (Fsp3) is 0.393. The zero-order chi connectivity index (χ0) is 25.3. The molecule has 0 saturated carbocycles. The minimum absolute atomic E-state index is 0.174. The molecule has 1 aliphatic rings. The van der Waals surface area contributed by atoms with Crippen LogP contribution in [-0.4, -0.2) is 29.4 Å². The highest BCUT2D eigenvalue weighted by Crippen LogP contribution is 2.38. The molecule has 0 saturated heterocycles. The highest BCUT2D eigenvalue weighted by molar-refractivity contribution is 6.76. The number of nitrogens with one attached hydrogen (secondary N) is 1. The summed E-state index contributed by atoms with van der Waals surface area (Å²) in [5.41, 5.74) is 6.04. The molecule has 0 amide bonds. The van der Waals surface area contributed by atoms with Crippen LogP contribution in [0.15, 0.2) is 53.4 Å². The number of rotatable bonds is 8. The smallest absolute Gasteiger partial charge is 0.181 e. The topological polar surface area (TPSA) is 88.9 Å². The van der Waals surface area contributed by atoms with Crippen molar-refractivity contribution in [1.29, 1.82) is 5.26 Å². The Morgan fingerprint density at radius 1 is 1.22 bits per heavy atom. The molecule has 2 aromatic carbocycles. The maximum Gasteiger partial charge on any atom is 0.181 e. The summed E-state index contributed by atoms with van der Waals surface area (Å²) in [6, 6.07) is 16.0. The van der Waals surface area contributed by atoms with Crippen molar-refractivity contribution < 1.29 is 9.15 Å². The van der Waals surface area contributed by atoms with Gasteiger partial charge in [0.05, 0.1) is 29.4 Å². The molecular formula is C28H33N5O2Si. The number of anilines is 1. The number of fused-ring (bicyclic) bond motifs is 2. The van der Waals surface area contributed by atoms with Gasteiger partial charge in [-0.25, -0.2) is 9.67 Å². The lowest BCUT2D eigenvalue weighted by atomic mass is 9.80. The Bertz CT molecular complexity index is 1400. The molecular weight excluding hydrogens is 466 g/mol. The predicted molar refractivity (Wildman–Crippen MR) is 144 cm³/mol. The molecule has 0 radical (unpaired) electrons. The third-order valence-corrected chi connectivity index (χ3v) is 8.70. The van der Waals surface area contributed by atoms with Crippen LogP contribution >= 0.6 is 0 Å². The first-order valence-corrected chi connectivity index (χ1v) is 16.3. The average Bonchev–Trinajstić information content (AvgIpc) is 3.51. The Morgan fingerprint density at radius 2 is 2.08 bits per heavy atom. The number of nitriles is 1. The molecule has 1 aliphatic carbocycles. The first-order chi connectivity index (χ1) is 17.3. The quantitative estimate of drug-likeness (QED) is 0.217. The maximum absolute atomic E-state index is 9.31. The largest absolute Gasteiger partial charge is 0.442 e. The molecule has 2 atom stereocenters. The van der Waals surface area contributed by atoms with Gasteiger partial charge >= 0.3 is 0 Å². The molecule has 186 valence electrons. The number of aryl methyl sites for hydroxylation is 1. The number of oxazole rings is 1. The van der Waals surface area contributed by atoms with Crippen LogP contribution < -0.4 is 5.32 Å². The van der Waals surface area contributed by atoms with Crippen LogP contribution in [0.2, 0.25) is 25.7 Å². The Labute approximate surface area is 213 Å². The molecule has 0 aliphatic heterocycles. The van der Waals surface area contributed by atoms with Gasteiger partial charge in [-0.3, -0.25) is 0 Å². The van der Waals surface area contributed by atoms with Crippen LogP contribution in [0.4, 0.5) is 5.69 Å². The number of aromatic nitrogens is 3. The summed E-state index contributed by atoms with van der Waals surface area (Å²) in [7, 11) is -1.15. The van der Waals surface area contributed by atoms with Gasteiger partial charge in [-0.05, 0) is 66.3 Å². The standard InChI is InChI=1S/C28H33N5O2Si/c1-19-5-7-21-13-20(15-29)6-9-23(21)27(19)31-22-8-10-25-24(14-22)28(26-16-30-17-35-26)32-33(25)18-34-11-12-36(2,3)4/h6,8-10,13-14,16-17,19,27,31H,5,7,11-12,18H2,1-4H3. The number of ether oxygens (including phenoxy) is 1. The van der Waals surface area contributed by atoms with Gasteiger partial charge < -0.3 is 14.5 Å². The first-order valence-electron chi connectivity index (χ1n) is 12.6. The van der Waals surface area contributed by atoms with Crippen molar-refractivity contribution in [2.75, 3.05) is 11.9 Å². The number of hydrogen-bond acceptors (Lipinski definition) is 6. The van der Waals surface area contributed by atoms with E-state index >= 15 is 0 Å². The molecule has 0 bridgehead atoms. The van der Waals surface area contributed by atoms with Crippen molar-refractivity contribution in [2.45, 2.75) is 58.2 Å². The fourth-order valence-electron chi connectivity index (χ4n) is 4.86. The zero-order valence-electron chi connectivity index (χ0n) is 21.4. The van der Waals surface area contributed by atoms with E-state index in [-0.39, 0.29) is 6.04 Å². The van der Waals surface area contributed by atoms with Gasteiger partial charge in [0, 0.05) is 25.8 Å². The van der Waals surface area contributed by atoms with E-state index < -0.39 is 8.07 Å². The highest BCUT2D eigenvalue weighted by Gasteiger charge is 2.27. The van der Waals surface area contributed by atoms with E-state index in [0.29, 0.717) is 18.4 Å². The van der Waals surface area contributed by atoms with Gasteiger partial charge in [0.2, 0.25) is 0 Å². The molecule has 1 N–H and O–H groups in total. The summed E-state index contributed by atoms with van der Waals surface area (Å²) in [6.45, 7) is 10.5. The second-order valence-corrected chi connectivity index (χ2v) is 16.6. The van der Waals surface area contributed by atoms with E-state index in [9.17, 15) is 5.26 Å². The Kier molecular flexibility index (Phi) is 6.69. The lowest BCUT2D eigenvalue weighted by Gasteiger charge is -2.33. The van der Waals surface area contributed by atoms with E-state index in [0.717, 1.165) is 53.3 Å². The maximum atomic E-state index is 9.31. The van der Waals surface area contributed by atoms with Gasteiger partial charge in [0.25, 0.3) is 0 Å². The van der Waals surface area contributed by atoms with Crippen molar-refractivity contribution in [3.63, 3.8) is 0 Å². The predicted octanol–water partition coefficient (Wildman–Crippen LogP) is 6.61. The third kappa shape index (κ3) is 5.08. The summed E-state index contributed by atoms with van der Waals surface area (Å²) in [6.07, 6.45) is 5.22. The Balaban J connectivity index is 1.45. The van der Waals surface area contributed by atoms with E-state index in [1.807, 2.05) is 16.8 Å². The molecule has 2 aromatic heterocycles. The van der Waals surface area contributed by atoms with Crippen molar-refractivity contribution in [1.82, 2.24) is 14.8 Å². The summed E-state index contributed by atoms with van der Waals surface area (Å²) in [4.78, 5) is 4.10. The van der Waals surface area contributed by atoms with Crippen LogP contribution in [0.3, 0.4) is 0 Å². The van der Waals surface area contributed by atoms with Gasteiger partial charge in [0.15, 0.2) is 12.2 Å². The Hall–Kier alpha value is -3.41. The molecule has 8 heteroatoms. The van der Waals surface area contributed by atoms with Gasteiger partial charge in [-0.1, -0.05) is 32.6 Å². The average molecular weight is 500 g/mol. The van der Waals surface area contributed by atoms with Crippen LogP contribution in [0.5, 0.6) is 0 Å². The normalized spacial score (nSPS) is 17.6. The van der Waals surface area contributed by atoms with Crippen LogP contribution in [-0.2, 0) is 17.9 Å². The number of benzene rings is 2. The van der Waals surface area contributed by atoms with Gasteiger partial charge in [-0.15, -0.1) is 0 Å². The number of nitrogens with zero attached hydrogens (tertiary/aromatic N) is 4. The van der Waals surface area contributed by atoms with Crippen molar-refractivity contribution in [3.8, 4) is 17.5 Å². The zero-order valence-corrected chi connectivity index (χ0v) is 22.4. The molecule has 2 unspecified atom stereocenters. The monoisotopic (exact) mass is 499 g/mol. The summed E-state index contributed by atoms with van der Waals surface area (Å²) in [5, 5.41) is 18.9. The van der Waals surface area contributed by atoms with E-state index in [1.165, 1.54) is 17.5 Å². The lowest BCUT2D eigenvalue weighted by molar-refractivity contribution is 0.0818. The molecule has 0 fully saturated rings. The summed E-state index contributed by atoms with van der Waals surface area (Å²) >= 11 is 0. The second-order valence-electron chi connectivity index (χ2n) is 11.0. The molecule has 7 nitrogen and oxygen atoms in total. The van der Waals surface area contributed by atoms with Gasteiger partial charge in [-0.2, -0.15) is 10.4 Å². The van der Waals surface area contributed by atoms with Crippen molar-refractivity contribution in [2.24, 2.45) is 5.92 Å². The highest BCUT2D eigenvalue weighted by atomic mass is 28.3. The van der Waals surface area contributed by atoms with E-state index in [1.54, 1.807) is 6.20 Å². The molecule has 4 aromatic rings. The van der Waals surface area contributed by atoms with Crippen LogP contribution in [0.1, 0.15) is 36.1 Å². The van der Waals surface area contributed by atoms with Crippen molar-refractivity contribution >= 4 is 24.7 Å². The van der Waals surface area contributed by atoms with E-state index in [2.05, 4.69) is 67.2 Å². The Morgan fingerprint density at radius 3 is 2.83 bits per heavy atom. The minimum Gasteiger partial charge on any atom is -0.442 e. The second kappa shape index (κ2) is 9.92. The fourth-order valence-corrected chi connectivity index (χ4v) is 5.62. The van der Waals surface area contributed by atoms with Crippen molar-refractivity contribution in [3.05, 3.63) is 65.7 Å². The lowest BCUT2D eigenvalue weighted by Crippen LogP contribution is -2.25. The van der Waals surface area contributed by atoms with Crippen LogP contribution in [0, 0.1) is 17.2 Å². The number of hydrogen-bond donors (Lipinski definition) is 1. The van der Waals surface area contributed by atoms with Crippen LogP contribution in [0.25, 0.3) is 22.4 Å². The summed E-state index contributed by atoms with van der Waals surface area (Å²) < 4.78 is 13.5. The first kappa shape index (κ1) is 24.3. The third-order valence-electron chi connectivity index (χ3n) is 6.99. The summed E-state index contributed by atoms with van der Waals surface area (Å²) in [5.74, 6) is 1.11. The molecule has 5 rings (SSSR count). The SMILES string of the molecule is CC1CCc2cc(C#N)ccc2C1Nc1ccc2c(c1)c(-c1cnco1)nn2COCC[Si](C)(C)C.